The third-order valence-corrected chi connectivity index (χ3v) is 12.4. The van der Waals surface area contributed by atoms with Crippen molar-refractivity contribution in [1.82, 2.24) is 10.3 Å². The zero-order valence-corrected chi connectivity index (χ0v) is 29.7. The fourth-order valence-electron chi connectivity index (χ4n) is 7.42. The lowest BCUT2D eigenvalue weighted by Crippen LogP contribution is -2.44. The van der Waals surface area contributed by atoms with Crippen LogP contribution in [0.3, 0.4) is 0 Å². The van der Waals surface area contributed by atoms with Crippen LogP contribution in [0.2, 0.25) is 0 Å². The standard InChI is InChI=1S/C38H49N3O4S2/c1-25-21-30(15-18-34(25)45-2)27-9-7-26(8-10-27)24-41(33-6-4-5-31(22-33)35-23-39-37(46-35)28-11-12-28)38(43)29-13-16-32(17-14-29)40-36(42)19-20-47(3)44/h4-6,15,18,21-23,26-29,32H,7-14,16-17,19-20,24H2,1-3H3,(H,40,42). The Hall–Kier alpha value is -3.04. The first kappa shape index (κ1) is 33.8. The van der Waals surface area contributed by atoms with E-state index in [-0.39, 0.29) is 30.2 Å². The zero-order valence-electron chi connectivity index (χ0n) is 28.0. The minimum absolute atomic E-state index is 0.0401. The van der Waals surface area contributed by atoms with E-state index in [0.717, 1.165) is 74.9 Å². The molecule has 9 heteroatoms. The van der Waals surface area contributed by atoms with E-state index in [4.69, 9.17) is 9.72 Å². The normalized spacial score (nSPS) is 23.6. The molecule has 0 aliphatic heterocycles. The second-order valence-electron chi connectivity index (χ2n) is 13.9. The van der Waals surface area contributed by atoms with Crippen LogP contribution in [0, 0.1) is 18.8 Å². The largest absolute Gasteiger partial charge is 0.496 e. The van der Waals surface area contributed by atoms with Crippen molar-refractivity contribution in [2.24, 2.45) is 11.8 Å². The first-order valence-corrected chi connectivity index (χ1v) is 19.9. The second-order valence-corrected chi connectivity index (χ2v) is 16.5. The van der Waals surface area contributed by atoms with Crippen LogP contribution in [0.5, 0.6) is 5.75 Å². The maximum absolute atomic E-state index is 14.4. The number of thiazole rings is 1. The number of methoxy groups -OCH3 is 1. The maximum atomic E-state index is 14.4. The number of amides is 2. The highest BCUT2D eigenvalue weighted by molar-refractivity contribution is 7.84. The summed E-state index contributed by atoms with van der Waals surface area (Å²) in [6, 6.07) is 15.2. The molecule has 3 saturated carbocycles. The molecular weight excluding hydrogens is 627 g/mol. The van der Waals surface area contributed by atoms with Gasteiger partial charge in [0.25, 0.3) is 0 Å². The Morgan fingerprint density at radius 3 is 2.40 bits per heavy atom. The van der Waals surface area contributed by atoms with Gasteiger partial charge in [-0.1, -0.05) is 24.3 Å². The van der Waals surface area contributed by atoms with E-state index in [1.165, 1.54) is 33.9 Å². The fraction of sp³-hybridized carbons (Fsp3) is 0.553. The first-order valence-electron chi connectivity index (χ1n) is 17.4. The molecule has 6 rings (SSSR count). The number of carbonyl (C=O) groups is 2. The molecule has 2 aromatic carbocycles. The minimum atomic E-state index is -0.977. The molecule has 1 aromatic heterocycles. The van der Waals surface area contributed by atoms with Crippen molar-refractivity contribution in [1.29, 1.82) is 0 Å². The molecule has 0 radical (unpaired) electrons. The SMILES string of the molecule is COc1ccc(C2CCC(CN(C(=O)C3CCC(NC(=O)CCS(C)=O)CC3)c3cccc(-c4cnc(C5CC5)s4)c3)CC2)cc1C. The molecule has 0 saturated heterocycles. The van der Waals surface area contributed by atoms with Crippen molar-refractivity contribution in [2.45, 2.75) is 95.4 Å². The van der Waals surface area contributed by atoms with Crippen LogP contribution in [-0.2, 0) is 20.4 Å². The third-order valence-electron chi connectivity index (χ3n) is 10.4. The lowest BCUT2D eigenvalue weighted by molar-refractivity contribution is -0.123. The molecule has 3 aliphatic carbocycles. The average molecular weight is 676 g/mol. The number of aromatic nitrogens is 1. The van der Waals surface area contributed by atoms with Gasteiger partial charge in [0.1, 0.15) is 5.75 Å². The van der Waals surface area contributed by atoms with Gasteiger partial charge in [-0.2, -0.15) is 0 Å². The summed E-state index contributed by atoms with van der Waals surface area (Å²) in [5.41, 5.74) is 4.68. The highest BCUT2D eigenvalue weighted by atomic mass is 32.2. The van der Waals surface area contributed by atoms with Gasteiger partial charge in [0, 0.05) is 65.5 Å². The van der Waals surface area contributed by atoms with Crippen LogP contribution in [0.15, 0.2) is 48.7 Å². The number of nitrogens with zero attached hydrogens (tertiary/aromatic N) is 2. The van der Waals surface area contributed by atoms with Gasteiger partial charge in [-0.3, -0.25) is 13.8 Å². The second kappa shape index (κ2) is 15.5. The lowest BCUT2D eigenvalue weighted by atomic mass is 9.78. The summed E-state index contributed by atoms with van der Waals surface area (Å²) in [7, 11) is 0.747. The summed E-state index contributed by atoms with van der Waals surface area (Å²) >= 11 is 1.79. The average Bonchev–Trinajstić information content (AvgIpc) is 3.82. The Kier molecular flexibility index (Phi) is 11.1. The monoisotopic (exact) mass is 675 g/mol. The van der Waals surface area contributed by atoms with Gasteiger partial charge in [0.15, 0.2) is 0 Å². The Morgan fingerprint density at radius 2 is 1.72 bits per heavy atom. The highest BCUT2D eigenvalue weighted by Gasteiger charge is 2.33. The van der Waals surface area contributed by atoms with Crippen LogP contribution in [0.25, 0.3) is 10.4 Å². The van der Waals surface area contributed by atoms with Crippen LogP contribution < -0.4 is 15.0 Å². The number of hydrogen-bond acceptors (Lipinski definition) is 6. The number of carbonyl (C=O) groups excluding carboxylic acids is 2. The van der Waals surface area contributed by atoms with Crippen molar-refractivity contribution in [2.75, 3.05) is 30.6 Å². The van der Waals surface area contributed by atoms with Gasteiger partial charge in [-0.25, -0.2) is 4.98 Å². The molecule has 252 valence electrons. The molecule has 0 spiro atoms. The number of aryl methyl sites for hydroxylation is 1. The molecule has 3 fully saturated rings. The van der Waals surface area contributed by atoms with Crippen LogP contribution >= 0.6 is 11.3 Å². The highest BCUT2D eigenvalue weighted by Crippen LogP contribution is 2.44. The number of benzene rings is 2. The van der Waals surface area contributed by atoms with Gasteiger partial charge in [0.2, 0.25) is 11.8 Å². The summed E-state index contributed by atoms with van der Waals surface area (Å²) in [4.78, 5) is 34.7. The maximum Gasteiger partial charge on any atom is 0.230 e. The number of ether oxygens (including phenoxy) is 1. The Labute approximate surface area is 286 Å². The molecule has 0 bridgehead atoms. The quantitative estimate of drug-likeness (QED) is 0.212. The smallest absolute Gasteiger partial charge is 0.230 e. The summed E-state index contributed by atoms with van der Waals surface area (Å²) in [6.45, 7) is 2.85. The molecule has 2 amide bonds. The molecule has 7 nitrogen and oxygen atoms in total. The number of rotatable bonds is 12. The van der Waals surface area contributed by atoms with E-state index < -0.39 is 10.8 Å². The minimum Gasteiger partial charge on any atom is -0.496 e. The van der Waals surface area contributed by atoms with Gasteiger partial charge >= 0.3 is 0 Å². The topological polar surface area (TPSA) is 88.6 Å². The first-order chi connectivity index (χ1) is 22.8. The van der Waals surface area contributed by atoms with Crippen molar-refractivity contribution in [3.05, 3.63) is 64.8 Å². The van der Waals surface area contributed by atoms with Crippen LogP contribution in [0.4, 0.5) is 5.69 Å². The molecule has 3 aromatic rings. The summed E-state index contributed by atoms with van der Waals surface area (Å²) in [5.74, 6) is 3.05. The molecule has 1 N–H and O–H groups in total. The van der Waals surface area contributed by atoms with Gasteiger partial charge < -0.3 is 15.0 Å². The molecule has 1 unspecified atom stereocenters. The van der Waals surface area contributed by atoms with E-state index in [2.05, 4.69) is 59.6 Å². The molecule has 47 heavy (non-hydrogen) atoms. The van der Waals surface area contributed by atoms with Crippen LogP contribution in [0.1, 0.15) is 98.6 Å². The summed E-state index contributed by atoms with van der Waals surface area (Å²) in [5, 5.41) is 4.35. The van der Waals surface area contributed by atoms with E-state index >= 15 is 0 Å². The Balaban J connectivity index is 1.14. The van der Waals surface area contributed by atoms with E-state index in [0.29, 0.717) is 23.5 Å². The summed E-state index contributed by atoms with van der Waals surface area (Å²) < 4.78 is 16.9. The Bertz CT molecular complexity index is 1570. The van der Waals surface area contributed by atoms with E-state index in [1.807, 2.05) is 6.20 Å². The van der Waals surface area contributed by atoms with Crippen molar-refractivity contribution >= 4 is 39.6 Å². The zero-order chi connectivity index (χ0) is 32.9. The number of hydrogen-bond donors (Lipinski definition) is 1. The van der Waals surface area contributed by atoms with Crippen molar-refractivity contribution < 1.29 is 18.5 Å². The van der Waals surface area contributed by atoms with Crippen molar-refractivity contribution in [3.63, 3.8) is 0 Å². The van der Waals surface area contributed by atoms with Gasteiger partial charge in [-0.05, 0) is 118 Å². The molecule has 1 heterocycles. The molecular formula is C38H49N3O4S2. The van der Waals surface area contributed by atoms with Gasteiger partial charge in [-0.15, -0.1) is 11.3 Å². The molecule has 3 aliphatic rings. The van der Waals surface area contributed by atoms with E-state index in [9.17, 15) is 13.8 Å². The van der Waals surface area contributed by atoms with Gasteiger partial charge in [0.05, 0.1) is 17.0 Å². The number of anilines is 1. The predicted molar refractivity (Wildman–Crippen MR) is 192 cm³/mol. The van der Waals surface area contributed by atoms with Crippen molar-refractivity contribution in [3.8, 4) is 16.2 Å². The third kappa shape index (κ3) is 8.71. The fourth-order valence-corrected chi connectivity index (χ4v) is 8.98. The molecule has 1 atom stereocenters. The van der Waals surface area contributed by atoms with E-state index in [1.54, 1.807) is 24.7 Å². The Morgan fingerprint density at radius 1 is 0.979 bits per heavy atom. The summed E-state index contributed by atoms with van der Waals surface area (Å²) in [6.07, 6.45) is 14.0. The lowest BCUT2D eigenvalue weighted by Gasteiger charge is -2.36. The van der Waals surface area contributed by atoms with Crippen LogP contribution in [-0.4, -0.2) is 52.7 Å². The predicted octanol–water partition coefficient (Wildman–Crippen LogP) is 7.76. The number of nitrogens with one attached hydrogen (secondary N) is 1.